The molecule has 0 bridgehead atoms. The van der Waals surface area contributed by atoms with Crippen molar-refractivity contribution in [2.24, 2.45) is 17.6 Å². The van der Waals surface area contributed by atoms with Crippen LogP contribution in [0, 0.1) is 11.8 Å². The maximum absolute atomic E-state index is 6.11. The standard InChI is InChI=1S/C13H26N2O/c1-15(7-4-13(14)12-2-3-12)10-11-5-8-16-9-6-11/h11-13H,2-10,14H2,1H3. The van der Waals surface area contributed by atoms with Crippen LogP contribution in [-0.2, 0) is 4.74 Å². The van der Waals surface area contributed by atoms with Crippen LogP contribution >= 0.6 is 0 Å². The van der Waals surface area contributed by atoms with Crippen LogP contribution in [0.2, 0.25) is 0 Å². The molecular weight excluding hydrogens is 200 g/mol. The van der Waals surface area contributed by atoms with Crippen molar-refractivity contribution in [3.05, 3.63) is 0 Å². The molecule has 1 atom stereocenters. The third-order valence-electron chi connectivity index (χ3n) is 3.98. The fraction of sp³-hybridized carbons (Fsp3) is 1.00. The van der Waals surface area contributed by atoms with Crippen LogP contribution in [0.1, 0.15) is 32.1 Å². The van der Waals surface area contributed by atoms with Crippen molar-refractivity contribution >= 4 is 0 Å². The summed E-state index contributed by atoms with van der Waals surface area (Å²) in [4.78, 5) is 2.46. The number of hydrogen-bond donors (Lipinski definition) is 1. The lowest BCUT2D eigenvalue weighted by atomic mass is 9.99. The predicted molar refractivity (Wildman–Crippen MR) is 66.4 cm³/mol. The Balaban J connectivity index is 1.57. The van der Waals surface area contributed by atoms with Gasteiger partial charge in [0.05, 0.1) is 0 Å². The quantitative estimate of drug-likeness (QED) is 0.745. The Kier molecular flexibility index (Phi) is 4.62. The van der Waals surface area contributed by atoms with Crippen molar-refractivity contribution in [2.75, 3.05) is 33.4 Å². The van der Waals surface area contributed by atoms with Gasteiger partial charge in [-0.25, -0.2) is 0 Å². The van der Waals surface area contributed by atoms with Gasteiger partial charge in [-0.3, -0.25) is 0 Å². The summed E-state index contributed by atoms with van der Waals surface area (Å²) in [5.41, 5.74) is 6.11. The highest BCUT2D eigenvalue weighted by atomic mass is 16.5. The van der Waals surface area contributed by atoms with E-state index in [9.17, 15) is 0 Å². The summed E-state index contributed by atoms with van der Waals surface area (Å²) < 4.78 is 5.38. The first-order valence-electron chi connectivity index (χ1n) is 6.77. The van der Waals surface area contributed by atoms with Gasteiger partial charge in [0.25, 0.3) is 0 Å². The second-order valence-corrected chi connectivity index (χ2v) is 5.61. The summed E-state index contributed by atoms with van der Waals surface area (Å²) in [6.07, 6.45) is 6.37. The molecule has 1 saturated carbocycles. The van der Waals surface area contributed by atoms with E-state index in [-0.39, 0.29) is 0 Å². The molecule has 1 saturated heterocycles. The fourth-order valence-electron chi connectivity index (χ4n) is 2.59. The minimum absolute atomic E-state index is 0.456. The molecule has 2 rings (SSSR count). The molecule has 2 N–H and O–H groups in total. The predicted octanol–water partition coefficient (Wildman–Crippen LogP) is 1.47. The van der Waals surface area contributed by atoms with Gasteiger partial charge in [-0.05, 0) is 57.5 Å². The number of nitrogens with two attached hydrogens (primary N) is 1. The molecule has 3 nitrogen and oxygen atoms in total. The van der Waals surface area contributed by atoms with E-state index in [0.29, 0.717) is 6.04 Å². The van der Waals surface area contributed by atoms with Crippen molar-refractivity contribution in [2.45, 2.75) is 38.1 Å². The average Bonchev–Trinajstić information content (AvgIpc) is 3.11. The van der Waals surface area contributed by atoms with Crippen molar-refractivity contribution in [1.29, 1.82) is 0 Å². The first-order valence-corrected chi connectivity index (χ1v) is 6.77. The molecule has 1 heterocycles. The zero-order valence-corrected chi connectivity index (χ0v) is 10.5. The van der Waals surface area contributed by atoms with E-state index in [1.54, 1.807) is 0 Å². The highest BCUT2D eigenvalue weighted by molar-refractivity contribution is 4.84. The average molecular weight is 226 g/mol. The Morgan fingerprint density at radius 1 is 1.25 bits per heavy atom. The normalized spacial score (nSPS) is 24.9. The molecule has 2 fully saturated rings. The summed E-state index contributed by atoms with van der Waals surface area (Å²) in [5, 5.41) is 0. The minimum atomic E-state index is 0.456. The first kappa shape index (κ1) is 12.3. The molecule has 0 aromatic carbocycles. The smallest absolute Gasteiger partial charge is 0.0469 e. The Hall–Kier alpha value is -0.120. The molecule has 0 aromatic rings. The molecule has 1 unspecified atom stereocenters. The minimum Gasteiger partial charge on any atom is -0.381 e. The number of ether oxygens (including phenoxy) is 1. The SMILES string of the molecule is CN(CCC(N)C1CC1)CC1CCOCC1. The van der Waals surface area contributed by atoms with Crippen molar-refractivity contribution in [1.82, 2.24) is 4.90 Å². The summed E-state index contributed by atoms with van der Waals surface area (Å²) in [5.74, 6) is 1.69. The van der Waals surface area contributed by atoms with E-state index in [0.717, 1.165) is 31.6 Å². The highest BCUT2D eigenvalue weighted by Gasteiger charge is 2.28. The summed E-state index contributed by atoms with van der Waals surface area (Å²) in [7, 11) is 2.23. The number of nitrogens with zero attached hydrogens (tertiary/aromatic N) is 1. The van der Waals surface area contributed by atoms with Crippen LogP contribution in [0.4, 0.5) is 0 Å². The molecule has 3 heteroatoms. The Labute approximate surface area is 99.3 Å². The lowest BCUT2D eigenvalue weighted by Crippen LogP contribution is -2.34. The van der Waals surface area contributed by atoms with Gasteiger partial charge in [-0.1, -0.05) is 0 Å². The third-order valence-corrected chi connectivity index (χ3v) is 3.98. The van der Waals surface area contributed by atoms with Crippen molar-refractivity contribution in [3.63, 3.8) is 0 Å². The topological polar surface area (TPSA) is 38.5 Å². The molecule has 0 aromatic heterocycles. The number of rotatable bonds is 6. The zero-order chi connectivity index (χ0) is 11.4. The van der Waals surface area contributed by atoms with Gasteiger partial charge in [-0.15, -0.1) is 0 Å². The van der Waals surface area contributed by atoms with Gasteiger partial charge in [0.2, 0.25) is 0 Å². The Morgan fingerprint density at radius 2 is 1.94 bits per heavy atom. The van der Waals surface area contributed by atoms with Crippen LogP contribution < -0.4 is 5.73 Å². The molecule has 16 heavy (non-hydrogen) atoms. The van der Waals surface area contributed by atoms with E-state index < -0.39 is 0 Å². The summed E-state index contributed by atoms with van der Waals surface area (Å²) in [6, 6.07) is 0.456. The van der Waals surface area contributed by atoms with E-state index in [1.807, 2.05) is 0 Å². The second kappa shape index (κ2) is 5.99. The third kappa shape index (κ3) is 4.04. The lowest BCUT2D eigenvalue weighted by Gasteiger charge is -2.27. The molecule has 1 aliphatic heterocycles. The van der Waals surface area contributed by atoms with Gasteiger partial charge in [0.1, 0.15) is 0 Å². The van der Waals surface area contributed by atoms with E-state index in [2.05, 4.69) is 11.9 Å². The second-order valence-electron chi connectivity index (χ2n) is 5.61. The van der Waals surface area contributed by atoms with Gasteiger partial charge in [0, 0.05) is 25.8 Å². The van der Waals surface area contributed by atoms with Crippen LogP contribution in [0.5, 0.6) is 0 Å². The molecule has 0 spiro atoms. The molecule has 2 aliphatic rings. The maximum atomic E-state index is 6.11. The summed E-state index contributed by atoms with van der Waals surface area (Å²) in [6.45, 7) is 4.30. The van der Waals surface area contributed by atoms with E-state index in [4.69, 9.17) is 10.5 Å². The lowest BCUT2D eigenvalue weighted by molar-refractivity contribution is 0.0554. The highest BCUT2D eigenvalue weighted by Crippen LogP contribution is 2.32. The van der Waals surface area contributed by atoms with Crippen LogP contribution in [0.15, 0.2) is 0 Å². The van der Waals surface area contributed by atoms with Gasteiger partial charge >= 0.3 is 0 Å². The van der Waals surface area contributed by atoms with Crippen LogP contribution in [-0.4, -0.2) is 44.3 Å². The molecule has 0 radical (unpaired) electrons. The Morgan fingerprint density at radius 3 is 2.56 bits per heavy atom. The van der Waals surface area contributed by atoms with Crippen molar-refractivity contribution < 1.29 is 4.74 Å². The van der Waals surface area contributed by atoms with Crippen LogP contribution in [0.3, 0.4) is 0 Å². The largest absolute Gasteiger partial charge is 0.381 e. The monoisotopic (exact) mass is 226 g/mol. The van der Waals surface area contributed by atoms with E-state index >= 15 is 0 Å². The molecule has 94 valence electrons. The van der Waals surface area contributed by atoms with Gasteiger partial charge in [-0.2, -0.15) is 0 Å². The van der Waals surface area contributed by atoms with Crippen LogP contribution in [0.25, 0.3) is 0 Å². The summed E-state index contributed by atoms with van der Waals surface area (Å²) >= 11 is 0. The molecular formula is C13H26N2O. The van der Waals surface area contributed by atoms with Crippen molar-refractivity contribution in [3.8, 4) is 0 Å². The van der Waals surface area contributed by atoms with Gasteiger partial charge < -0.3 is 15.4 Å². The molecule has 1 aliphatic carbocycles. The zero-order valence-electron chi connectivity index (χ0n) is 10.5. The van der Waals surface area contributed by atoms with Gasteiger partial charge in [0.15, 0.2) is 0 Å². The maximum Gasteiger partial charge on any atom is 0.0469 e. The molecule has 0 amide bonds. The Bertz CT molecular complexity index is 200. The first-order chi connectivity index (χ1) is 7.75. The van der Waals surface area contributed by atoms with E-state index in [1.165, 1.54) is 38.6 Å². The fourth-order valence-corrected chi connectivity index (χ4v) is 2.59. The number of hydrogen-bond acceptors (Lipinski definition) is 3.